The molecule has 104 valence electrons. The number of aryl methyl sites for hydroxylation is 1. The van der Waals surface area contributed by atoms with Crippen LogP contribution in [0.25, 0.3) is 0 Å². The lowest BCUT2D eigenvalue weighted by Crippen LogP contribution is -2.44. The van der Waals surface area contributed by atoms with Crippen LogP contribution in [0.2, 0.25) is 0 Å². The number of aromatic nitrogens is 2. The maximum atomic E-state index is 4.34. The second-order valence-corrected chi connectivity index (χ2v) is 5.98. The van der Waals surface area contributed by atoms with Gasteiger partial charge in [-0.25, -0.2) is 0 Å². The Balaban J connectivity index is 1.84. The molecule has 0 radical (unpaired) electrons. The number of piperidine rings is 1. The Morgan fingerprint density at radius 1 is 1.05 bits per heavy atom. The van der Waals surface area contributed by atoms with E-state index < -0.39 is 0 Å². The standard InChI is InChI=1S/C17H21N3/c1-14-9-10-16(19-18-14)20-12-6-11-17(2,13-20)15-7-4-3-5-8-15/h3-5,7-10H,6,11-13H2,1-2H3/t17-/m1/s1. The zero-order valence-corrected chi connectivity index (χ0v) is 12.2. The topological polar surface area (TPSA) is 29.0 Å². The maximum absolute atomic E-state index is 4.34. The molecule has 3 rings (SSSR count). The first kappa shape index (κ1) is 13.1. The highest BCUT2D eigenvalue weighted by Gasteiger charge is 2.33. The lowest BCUT2D eigenvalue weighted by atomic mass is 9.76. The summed E-state index contributed by atoms with van der Waals surface area (Å²) in [5, 5.41) is 8.52. The third kappa shape index (κ3) is 2.53. The summed E-state index contributed by atoms with van der Waals surface area (Å²) in [4.78, 5) is 2.36. The van der Waals surface area contributed by atoms with Gasteiger partial charge < -0.3 is 4.90 Å². The predicted molar refractivity (Wildman–Crippen MR) is 82.0 cm³/mol. The Morgan fingerprint density at radius 3 is 2.55 bits per heavy atom. The van der Waals surface area contributed by atoms with Crippen molar-refractivity contribution in [1.82, 2.24) is 10.2 Å². The molecule has 1 aromatic carbocycles. The zero-order valence-electron chi connectivity index (χ0n) is 12.2. The quantitative estimate of drug-likeness (QED) is 0.835. The highest BCUT2D eigenvalue weighted by atomic mass is 15.3. The van der Waals surface area contributed by atoms with Crippen molar-refractivity contribution in [3.8, 4) is 0 Å². The van der Waals surface area contributed by atoms with Crippen molar-refractivity contribution in [3.63, 3.8) is 0 Å². The van der Waals surface area contributed by atoms with Gasteiger partial charge in [-0.15, -0.1) is 5.10 Å². The molecule has 0 unspecified atom stereocenters. The molecule has 1 aromatic heterocycles. The molecule has 2 heterocycles. The van der Waals surface area contributed by atoms with Crippen LogP contribution in [0.5, 0.6) is 0 Å². The molecule has 1 aliphatic heterocycles. The minimum absolute atomic E-state index is 0.200. The summed E-state index contributed by atoms with van der Waals surface area (Å²) in [6, 6.07) is 14.9. The monoisotopic (exact) mass is 267 g/mol. The first-order valence-electron chi connectivity index (χ1n) is 7.28. The number of anilines is 1. The van der Waals surface area contributed by atoms with Crippen LogP contribution in [-0.2, 0) is 5.41 Å². The fraction of sp³-hybridized carbons (Fsp3) is 0.412. The molecular formula is C17H21N3. The normalized spacial score (nSPS) is 22.8. The highest BCUT2D eigenvalue weighted by molar-refractivity contribution is 5.41. The Labute approximate surface area is 120 Å². The van der Waals surface area contributed by atoms with E-state index in [0.717, 1.165) is 24.6 Å². The number of benzene rings is 1. The van der Waals surface area contributed by atoms with Crippen LogP contribution in [0.1, 0.15) is 31.0 Å². The molecule has 20 heavy (non-hydrogen) atoms. The van der Waals surface area contributed by atoms with Crippen molar-refractivity contribution in [1.29, 1.82) is 0 Å². The lowest BCUT2D eigenvalue weighted by molar-refractivity contribution is 0.371. The van der Waals surface area contributed by atoms with Gasteiger partial charge in [0.2, 0.25) is 0 Å². The summed E-state index contributed by atoms with van der Waals surface area (Å²) >= 11 is 0. The van der Waals surface area contributed by atoms with Crippen LogP contribution >= 0.6 is 0 Å². The van der Waals surface area contributed by atoms with E-state index in [1.54, 1.807) is 0 Å². The second-order valence-electron chi connectivity index (χ2n) is 5.98. The van der Waals surface area contributed by atoms with E-state index in [1.807, 2.05) is 13.0 Å². The molecule has 1 atom stereocenters. The van der Waals surface area contributed by atoms with Crippen molar-refractivity contribution in [2.75, 3.05) is 18.0 Å². The average molecular weight is 267 g/mol. The molecule has 1 saturated heterocycles. The van der Waals surface area contributed by atoms with Crippen molar-refractivity contribution in [2.24, 2.45) is 0 Å². The van der Waals surface area contributed by atoms with E-state index in [2.05, 4.69) is 58.4 Å². The molecule has 0 saturated carbocycles. The molecule has 1 fully saturated rings. The van der Waals surface area contributed by atoms with Crippen LogP contribution < -0.4 is 4.90 Å². The van der Waals surface area contributed by atoms with Gasteiger partial charge in [-0.1, -0.05) is 37.3 Å². The molecule has 0 amide bonds. The summed E-state index contributed by atoms with van der Waals surface area (Å²) in [5.41, 5.74) is 2.59. The molecule has 0 spiro atoms. The third-order valence-corrected chi connectivity index (χ3v) is 4.27. The highest BCUT2D eigenvalue weighted by Crippen LogP contribution is 2.34. The third-order valence-electron chi connectivity index (χ3n) is 4.27. The summed E-state index contributed by atoms with van der Waals surface area (Å²) < 4.78 is 0. The molecule has 3 nitrogen and oxygen atoms in total. The average Bonchev–Trinajstić information content (AvgIpc) is 2.49. The number of hydrogen-bond acceptors (Lipinski definition) is 3. The Kier molecular flexibility index (Phi) is 3.43. The summed E-state index contributed by atoms with van der Waals surface area (Å²) in [6.07, 6.45) is 2.42. The summed E-state index contributed by atoms with van der Waals surface area (Å²) in [6.45, 7) is 6.41. The van der Waals surface area contributed by atoms with Gasteiger partial charge in [0.1, 0.15) is 0 Å². The number of hydrogen-bond donors (Lipinski definition) is 0. The predicted octanol–water partition coefficient (Wildman–Crippen LogP) is 3.34. The smallest absolute Gasteiger partial charge is 0.151 e. The summed E-state index contributed by atoms with van der Waals surface area (Å²) in [7, 11) is 0. The zero-order chi connectivity index (χ0) is 14.0. The maximum Gasteiger partial charge on any atom is 0.151 e. The van der Waals surface area contributed by atoms with Crippen LogP contribution in [0.3, 0.4) is 0 Å². The molecule has 2 aromatic rings. The SMILES string of the molecule is Cc1ccc(N2CCC[C@@](C)(c3ccccc3)C2)nn1. The number of rotatable bonds is 2. The van der Waals surface area contributed by atoms with Gasteiger partial charge in [0.05, 0.1) is 5.69 Å². The van der Waals surface area contributed by atoms with Gasteiger partial charge in [-0.05, 0) is 37.5 Å². The van der Waals surface area contributed by atoms with Gasteiger partial charge in [0.15, 0.2) is 5.82 Å². The van der Waals surface area contributed by atoms with Gasteiger partial charge in [-0.3, -0.25) is 0 Å². The second kappa shape index (κ2) is 5.23. The van der Waals surface area contributed by atoms with E-state index >= 15 is 0 Å². The molecule has 0 N–H and O–H groups in total. The van der Waals surface area contributed by atoms with Crippen LogP contribution in [0.4, 0.5) is 5.82 Å². The van der Waals surface area contributed by atoms with E-state index in [9.17, 15) is 0 Å². The van der Waals surface area contributed by atoms with Gasteiger partial charge in [0.25, 0.3) is 0 Å². The van der Waals surface area contributed by atoms with Gasteiger partial charge in [0, 0.05) is 18.5 Å². The van der Waals surface area contributed by atoms with Crippen LogP contribution in [-0.4, -0.2) is 23.3 Å². The first-order valence-corrected chi connectivity index (χ1v) is 7.28. The molecule has 1 aliphatic rings. The van der Waals surface area contributed by atoms with Gasteiger partial charge in [-0.2, -0.15) is 5.10 Å². The molecule has 0 aliphatic carbocycles. The van der Waals surface area contributed by atoms with E-state index in [1.165, 1.54) is 18.4 Å². The van der Waals surface area contributed by atoms with E-state index in [0.29, 0.717) is 0 Å². The van der Waals surface area contributed by atoms with Crippen molar-refractivity contribution in [2.45, 2.75) is 32.1 Å². The largest absolute Gasteiger partial charge is 0.354 e. The Morgan fingerprint density at radius 2 is 1.85 bits per heavy atom. The van der Waals surface area contributed by atoms with Crippen LogP contribution in [0.15, 0.2) is 42.5 Å². The lowest BCUT2D eigenvalue weighted by Gasteiger charge is -2.41. The fourth-order valence-electron chi connectivity index (χ4n) is 3.07. The number of nitrogens with zero attached hydrogens (tertiary/aromatic N) is 3. The van der Waals surface area contributed by atoms with E-state index in [-0.39, 0.29) is 5.41 Å². The Bertz CT molecular complexity index is 565. The van der Waals surface area contributed by atoms with E-state index in [4.69, 9.17) is 0 Å². The minimum Gasteiger partial charge on any atom is -0.354 e. The fourth-order valence-corrected chi connectivity index (χ4v) is 3.07. The first-order chi connectivity index (χ1) is 9.67. The van der Waals surface area contributed by atoms with Crippen molar-refractivity contribution in [3.05, 3.63) is 53.7 Å². The van der Waals surface area contributed by atoms with Crippen molar-refractivity contribution < 1.29 is 0 Å². The molecule has 3 heteroatoms. The minimum atomic E-state index is 0.200. The Hall–Kier alpha value is -1.90. The van der Waals surface area contributed by atoms with Crippen molar-refractivity contribution >= 4 is 5.82 Å². The molecule has 0 bridgehead atoms. The van der Waals surface area contributed by atoms with Gasteiger partial charge >= 0.3 is 0 Å². The summed E-state index contributed by atoms with van der Waals surface area (Å²) in [5.74, 6) is 0.998. The molecular weight excluding hydrogens is 246 g/mol. The van der Waals surface area contributed by atoms with Crippen LogP contribution in [0, 0.1) is 6.92 Å².